The highest BCUT2D eigenvalue weighted by atomic mass is 32.2. The van der Waals surface area contributed by atoms with Crippen molar-refractivity contribution in [2.45, 2.75) is 18.9 Å². The van der Waals surface area contributed by atoms with Gasteiger partial charge in [0.15, 0.2) is 9.84 Å². The van der Waals surface area contributed by atoms with Crippen molar-refractivity contribution in [2.75, 3.05) is 11.5 Å². The van der Waals surface area contributed by atoms with Gasteiger partial charge in [-0.3, -0.25) is 14.5 Å². The fourth-order valence-electron chi connectivity index (χ4n) is 2.75. The predicted octanol–water partition coefficient (Wildman–Crippen LogP) is 0.789. The molecule has 23 heavy (non-hydrogen) atoms. The molecule has 7 nitrogen and oxygen atoms in total. The van der Waals surface area contributed by atoms with Gasteiger partial charge in [-0.05, 0) is 19.4 Å². The van der Waals surface area contributed by atoms with Crippen molar-refractivity contribution in [3.05, 3.63) is 36.4 Å². The molecule has 122 valence electrons. The summed E-state index contributed by atoms with van der Waals surface area (Å²) < 4.78 is 24.9. The number of aromatic nitrogens is 3. The number of nitrogens with one attached hydrogen (secondary N) is 1. The lowest BCUT2D eigenvalue weighted by atomic mass is 10.0. The van der Waals surface area contributed by atoms with E-state index in [0.717, 1.165) is 11.1 Å². The molecule has 3 rings (SSSR count). The lowest BCUT2D eigenvalue weighted by molar-refractivity contribution is 0.0915. The third-order valence-corrected chi connectivity index (χ3v) is 5.86. The van der Waals surface area contributed by atoms with Gasteiger partial charge in [0.1, 0.15) is 0 Å². The molecule has 1 amide bonds. The molecular weight excluding hydrogens is 316 g/mol. The van der Waals surface area contributed by atoms with Gasteiger partial charge >= 0.3 is 0 Å². The molecule has 2 aromatic heterocycles. The summed E-state index contributed by atoms with van der Waals surface area (Å²) in [4.78, 5) is 16.5. The molecule has 1 atom stereocenters. The van der Waals surface area contributed by atoms with Crippen LogP contribution in [0.3, 0.4) is 0 Å². The summed E-state index contributed by atoms with van der Waals surface area (Å²) in [6.45, 7) is 1.76. The molecule has 1 aliphatic rings. The van der Waals surface area contributed by atoms with Crippen LogP contribution >= 0.6 is 0 Å². The number of nitrogens with zero attached hydrogens (tertiary/aromatic N) is 3. The smallest absolute Gasteiger partial charge is 0.253 e. The van der Waals surface area contributed by atoms with Gasteiger partial charge in [0, 0.05) is 36.8 Å². The van der Waals surface area contributed by atoms with Crippen LogP contribution in [0.5, 0.6) is 0 Å². The van der Waals surface area contributed by atoms with Crippen LogP contribution in [0.4, 0.5) is 0 Å². The maximum Gasteiger partial charge on any atom is 0.253 e. The van der Waals surface area contributed by atoms with Gasteiger partial charge in [-0.25, -0.2) is 8.42 Å². The first-order valence-electron chi connectivity index (χ1n) is 7.23. The molecular formula is C15H18N4O3S. The maximum absolute atomic E-state index is 12.4. The number of hydrogen-bond donors (Lipinski definition) is 1. The first kappa shape index (κ1) is 15.7. The standard InChI is InChI=1S/C15H18N4O3S/c1-15(3-4-23(21,22)10-15)18-14(20)12-5-11(6-16-7-12)13-8-17-19(2)9-13/h5-9H,3-4,10H2,1-2H3,(H,18,20). The summed E-state index contributed by atoms with van der Waals surface area (Å²) in [6, 6.07) is 1.73. The minimum Gasteiger partial charge on any atom is -0.346 e. The zero-order valence-corrected chi connectivity index (χ0v) is 13.8. The lowest BCUT2D eigenvalue weighted by Gasteiger charge is -2.23. The van der Waals surface area contributed by atoms with Crippen LogP contribution in [0.15, 0.2) is 30.9 Å². The molecule has 3 heterocycles. The summed E-state index contributed by atoms with van der Waals surface area (Å²) in [7, 11) is -1.26. The highest BCUT2D eigenvalue weighted by molar-refractivity contribution is 7.91. The van der Waals surface area contributed by atoms with Gasteiger partial charge in [-0.15, -0.1) is 0 Å². The van der Waals surface area contributed by atoms with Gasteiger partial charge in [0.25, 0.3) is 5.91 Å². The van der Waals surface area contributed by atoms with Gasteiger partial charge in [-0.2, -0.15) is 5.10 Å². The number of rotatable bonds is 3. The Balaban J connectivity index is 1.81. The van der Waals surface area contributed by atoms with E-state index in [9.17, 15) is 13.2 Å². The molecule has 0 radical (unpaired) electrons. The Morgan fingerprint density at radius 1 is 1.30 bits per heavy atom. The molecule has 0 aromatic carbocycles. The minimum absolute atomic E-state index is 0.0263. The maximum atomic E-state index is 12.4. The fraction of sp³-hybridized carbons (Fsp3) is 0.400. The molecule has 1 fully saturated rings. The molecule has 0 bridgehead atoms. The van der Waals surface area contributed by atoms with Crippen LogP contribution in [-0.4, -0.2) is 46.1 Å². The third-order valence-electron chi connectivity index (χ3n) is 3.96. The highest BCUT2D eigenvalue weighted by Crippen LogP contribution is 2.24. The Morgan fingerprint density at radius 3 is 2.70 bits per heavy atom. The Kier molecular flexibility index (Phi) is 3.71. The van der Waals surface area contributed by atoms with Crippen LogP contribution in [0.1, 0.15) is 23.7 Å². The van der Waals surface area contributed by atoms with Gasteiger partial charge < -0.3 is 5.32 Å². The number of carbonyl (C=O) groups excluding carboxylic acids is 1. The molecule has 1 aliphatic heterocycles. The SMILES string of the molecule is Cn1cc(-c2cncc(C(=O)NC3(C)CCS(=O)(=O)C3)c2)cn1. The molecule has 1 saturated heterocycles. The first-order valence-corrected chi connectivity index (χ1v) is 9.06. The van der Waals surface area contributed by atoms with Crippen molar-refractivity contribution >= 4 is 15.7 Å². The van der Waals surface area contributed by atoms with Crippen molar-refractivity contribution < 1.29 is 13.2 Å². The average Bonchev–Trinajstić information content (AvgIpc) is 3.02. The number of hydrogen-bond acceptors (Lipinski definition) is 5. The largest absolute Gasteiger partial charge is 0.346 e. The van der Waals surface area contributed by atoms with Crippen molar-refractivity contribution in [1.82, 2.24) is 20.1 Å². The van der Waals surface area contributed by atoms with E-state index in [0.29, 0.717) is 12.0 Å². The summed E-state index contributed by atoms with van der Waals surface area (Å²) in [6.07, 6.45) is 7.10. The monoisotopic (exact) mass is 334 g/mol. The zero-order chi connectivity index (χ0) is 16.7. The molecule has 1 unspecified atom stereocenters. The average molecular weight is 334 g/mol. The van der Waals surface area contributed by atoms with E-state index in [2.05, 4.69) is 15.4 Å². The first-order chi connectivity index (χ1) is 10.8. The number of carbonyl (C=O) groups is 1. The Bertz CT molecular complexity index is 859. The molecule has 8 heteroatoms. The molecule has 0 saturated carbocycles. The molecule has 2 aromatic rings. The quantitative estimate of drug-likeness (QED) is 0.895. The van der Waals surface area contributed by atoms with Gasteiger partial charge in [-0.1, -0.05) is 0 Å². The van der Waals surface area contributed by atoms with E-state index in [1.807, 2.05) is 13.2 Å². The van der Waals surface area contributed by atoms with E-state index < -0.39 is 15.4 Å². The fourth-order valence-corrected chi connectivity index (χ4v) is 4.84. The summed E-state index contributed by atoms with van der Waals surface area (Å²) in [5, 5.41) is 6.93. The summed E-state index contributed by atoms with van der Waals surface area (Å²) in [5.41, 5.74) is 1.33. The Hall–Kier alpha value is -2.22. The van der Waals surface area contributed by atoms with Crippen LogP contribution in [-0.2, 0) is 16.9 Å². The minimum atomic E-state index is -3.07. The number of amides is 1. The zero-order valence-electron chi connectivity index (χ0n) is 13.0. The number of pyridine rings is 1. The second kappa shape index (κ2) is 5.45. The van der Waals surface area contributed by atoms with E-state index >= 15 is 0 Å². The number of aryl methyl sites for hydroxylation is 1. The van der Waals surface area contributed by atoms with Gasteiger partial charge in [0.2, 0.25) is 0 Å². The van der Waals surface area contributed by atoms with Crippen LogP contribution in [0, 0.1) is 0 Å². The van der Waals surface area contributed by atoms with Crippen LogP contribution < -0.4 is 5.32 Å². The van der Waals surface area contributed by atoms with Crippen molar-refractivity contribution in [2.24, 2.45) is 7.05 Å². The Morgan fingerprint density at radius 2 is 2.09 bits per heavy atom. The molecule has 1 N–H and O–H groups in total. The Labute approximate surface area is 134 Å². The second-order valence-electron chi connectivity index (χ2n) is 6.22. The van der Waals surface area contributed by atoms with Crippen molar-refractivity contribution in [3.63, 3.8) is 0 Å². The van der Waals surface area contributed by atoms with E-state index in [1.165, 1.54) is 6.20 Å². The van der Waals surface area contributed by atoms with Crippen molar-refractivity contribution in [1.29, 1.82) is 0 Å². The second-order valence-corrected chi connectivity index (χ2v) is 8.41. The molecule has 0 spiro atoms. The van der Waals surface area contributed by atoms with Crippen molar-refractivity contribution in [3.8, 4) is 11.1 Å². The van der Waals surface area contributed by atoms with E-state index in [1.54, 1.807) is 30.1 Å². The van der Waals surface area contributed by atoms with Crippen LogP contribution in [0.2, 0.25) is 0 Å². The predicted molar refractivity (Wildman–Crippen MR) is 85.6 cm³/mol. The third kappa shape index (κ3) is 3.42. The van der Waals surface area contributed by atoms with Gasteiger partial charge in [0.05, 0.1) is 28.8 Å². The normalized spacial score (nSPS) is 22.9. The van der Waals surface area contributed by atoms with Crippen LogP contribution in [0.25, 0.3) is 11.1 Å². The van der Waals surface area contributed by atoms with E-state index in [-0.39, 0.29) is 17.4 Å². The summed E-state index contributed by atoms with van der Waals surface area (Å²) >= 11 is 0. The topological polar surface area (TPSA) is 94.0 Å². The van der Waals surface area contributed by atoms with E-state index in [4.69, 9.17) is 0 Å². The lowest BCUT2D eigenvalue weighted by Crippen LogP contribution is -2.46. The highest BCUT2D eigenvalue weighted by Gasteiger charge is 2.39. The summed E-state index contributed by atoms with van der Waals surface area (Å²) in [5.74, 6) is -0.234. The number of sulfone groups is 1. The molecule has 0 aliphatic carbocycles.